The second-order valence-electron chi connectivity index (χ2n) is 9.26. The average Bonchev–Trinajstić information content (AvgIpc) is 3.31. The van der Waals surface area contributed by atoms with E-state index in [9.17, 15) is 18.3 Å². The van der Waals surface area contributed by atoms with E-state index in [-0.39, 0.29) is 16.6 Å². The van der Waals surface area contributed by atoms with Gasteiger partial charge in [0.2, 0.25) is 0 Å². The van der Waals surface area contributed by atoms with Crippen LogP contribution in [0.5, 0.6) is 0 Å². The van der Waals surface area contributed by atoms with Crippen molar-refractivity contribution in [3.05, 3.63) is 53.5 Å². The van der Waals surface area contributed by atoms with Crippen molar-refractivity contribution in [2.24, 2.45) is 5.92 Å². The topological polar surface area (TPSA) is 118 Å². The maximum absolute atomic E-state index is 13.3. The summed E-state index contributed by atoms with van der Waals surface area (Å²) >= 11 is 0. The van der Waals surface area contributed by atoms with Crippen molar-refractivity contribution in [2.45, 2.75) is 55.9 Å². The molecule has 0 bridgehead atoms. The highest BCUT2D eigenvalue weighted by molar-refractivity contribution is 7.90. The summed E-state index contributed by atoms with van der Waals surface area (Å²) in [5.41, 5.74) is 1.14. The molecule has 2 aromatic rings. The number of hydrogen-bond acceptors (Lipinski definition) is 7. The Morgan fingerprint density at radius 3 is 2.47 bits per heavy atom. The quantitative estimate of drug-likeness (QED) is 0.602. The predicted molar refractivity (Wildman–Crippen MR) is 129 cm³/mol. The SMILES string of the molecule is Cc1cc(/C(=C\C2CCCC2)C(=O)Nc2cnc(C3(O)CCOCC3)cn2)ccc1S(C)(=O)=O. The number of allylic oxidation sites excluding steroid dienone is 1. The largest absolute Gasteiger partial charge is 0.383 e. The molecule has 0 unspecified atom stereocenters. The van der Waals surface area contributed by atoms with Crippen LogP contribution in [0.1, 0.15) is 55.3 Å². The van der Waals surface area contributed by atoms with Crippen molar-refractivity contribution in [1.82, 2.24) is 9.97 Å². The Kier molecular flexibility index (Phi) is 7.16. The Hall–Kier alpha value is -2.62. The zero-order valence-electron chi connectivity index (χ0n) is 19.6. The molecule has 1 saturated heterocycles. The van der Waals surface area contributed by atoms with Gasteiger partial charge in [-0.1, -0.05) is 25.0 Å². The zero-order valence-corrected chi connectivity index (χ0v) is 20.4. The lowest BCUT2D eigenvalue weighted by molar-refractivity contribution is -0.111. The van der Waals surface area contributed by atoms with Crippen LogP contribution in [0.2, 0.25) is 0 Å². The summed E-state index contributed by atoms with van der Waals surface area (Å²) in [7, 11) is -3.35. The third-order valence-corrected chi connectivity index (χ3v) is 7.88. The highest BCUT2D eigenvalue weighted by Gasteiger charge is 2.33. The Labute approximate surface area is 200 Å². The van der Waals surface area contributed by atoms with Gasteiger partial charge in [-0.25, -0.2) is 13.4 Å². The van der Waals surface area contributed by atoms with E-state index in [1.165, 1.54) is 18.6 Å². The van der Waals surface area contributed by atoms with E-state index in [2.05, 4.69) is 15.3 Å². The minimum Gasteiger partial charge on any atom is -0.383 e. The number of benzene rings is 1. The fraction of sp³-hybridized carbons (Fsp3) is 0.480. The molecule has 2 heterocycles. The molecule has 0 radical (unpaired) electrons. The number of carbonyl (C=O) groups excluding carboxylic acids is 1. The molecule has 1 aromatic heterocycles. The van der Waals surface area contributed by atoms with Crippen LogP contribution in [-0.2, 0) is 25.0 Å². The Morgan fingerprint density at radius 1 is 1.18 bits per heavy atom. The molecule has 182 valence electrons. The van der Waals surface area contributed by atoms with Gasteiger partial charge in [0.05, 0.1) is 23.0 Å². The highest BCUT2D eigenvalue weighted by Crippen LogP contribution is 2.32. The van der Waals surface area contributed by atoms with Gasteiger partial charge in [0, 0.05) is 37.9 Å². The Balaban J connectivity index is 1.59. The number of amides is 1. The van der Waals surface area contributed by atoms with E-state index >= 15 is 0 Å². The van der Waals surface area contributed by atoms with Crippen molar-refractivity contribution in [3.63, 3.8) is 0 Å². The van der Waals surface area contributed by atoms with Gasteiger partial charge < -0.3 is 15.2 Å². The zero-order chi connectivity index (χ0) is 24.3. The normalized spacial score (nSPS) is 19.2. The van der Waals surface area contributed by atoms with Crippen LogP contribution in [0.4, 0.5) is 5.82 Å². The van der Waals surface area contributed by atoms with Crippen molar-refractivity contribution in [1.29, 1.82) is 0 Å². The molecule has 9 heteroatoms. The van der Waals surface area contributed by atoms with Gasteiger partial charge in [0.1, 0.15) is 5.60 Å². The minimum absolute atomic E-state index is 0.254. The van der Waals surface area contributed by atoms with Crippen LogP contribution in [0.25, 0.3) is 5.57 Å². The third-order valence-electron chi connectivity index (χ3n) is 6.62. The van der Waals surface area contributed by atoms with Gasteiger partial charge in [-0.2, -0.15) is 0 Å². The molecule has 0 atom stereocenters. The number of aliphatic hydroxyl groups is 1. The number of nitrogens with zero attached hydrogens (tertiary/aromatic N) is 2. The lowest BCUT2D eigenvalue weighted by Crippen LogP contribution is -2.34. The first-order chi connectivity index (χ1) is 16.2. The summed E-state index contributed by atoms with van der Waals surface area (Å²) in [4.78, 5) is 22.2. The number of ether oxygens (including phenoxy) is 1. The van der Waals surface area contributed by atoms with Crippen LogP contribution in [-0.4, -0.2) is 48.9 Å². The second kappa shape index (κ2) is 9.93. The number of sulfone groups is 1. The van der Waals surface area contributed by atoms with E-state index in [1.807, 2.05) is 6.08 Å². The molecular weight excluding hydrogens is 454 g/mol. The molecule has 1 amide bonds. The second-order valence-corrected chi connectivity index (χ2v) is 11.2. The van der Waals surface area contributed by atoms with E-state index in [0.717, 1.165) is 25.7 Å². The number of hydrogen-bond donors (Lipinski definition) is 2. The van der Waals surface area contributed by atoms with Gasteiger partial charge in [-0.3, -0.25) is 9.78 Å². The van der Waals surface area contributed by atoms with Crippen LogP contribution in [0.3, 0.4) is 0 Å². The first kappa shape index (κ1) is 24.5. The maximum Gasteiger partial charge on any atom is 0.257 e. The molecule has 1 aliphatic heterocycles. The highest BCUT2D eigenvalue weighted by atomic mass is 32.2. The van der Waals surface area contributed by atoms with Gasteiger partial charge in [-0.15, -0.1) is 0 Å². The summed E-state index contributed by atoms with van der Waals surface area (Å²) < 4.78 is 29.4. The lowest BCUT2D eigenvalue weighted by atomic mass is 9.91. The Bertz CT molecular complexity index is 1180. The Morgan fingerprint density at radius 2 is 1.88 bits per heavy atom. The minimum atomic E-state index is -3.35. The van der Waals surface area contributed by atoms with Crippen molar-refractivity contribution >= 4 is 27.1 Å². The third kappa shape index (κ3) is 5.54. The van der Waals surface area contributed by atoms with Crippen LogP contribution in [0.15, 0.2) is 41.6 Å². The fourth-order valence-electron chi connectivity index (χ4n) is 4.68. The van der Waals surface area contributed by atoms with Crippen LogP contribution >= 0.6 is 0 Å². The van der Waals surface area contributed by atoms with E-state index in [4.69, 9.17) is 4.74 Å². The summed E-state index contributed by atoms with van der Waals surface area (Å²) in [6.07, 6.45) is 11.3. The van der Waals surface area contributed by atoms with Crippen LogP contribution in [0, 0.1) is 12.8 Å². The predicted octanol–water partition coefficient (Wildman–Crippen LogP) is 3.40. The number of rotatable bonds is 6. The van der Waals surface area contributed by atoms with Crippen LogP contribution < -0.4 is 5.32 Å². The number of aryl methyl sites for hydroxylation is 1. The molecule has 2 aliphatic rings. The molecule has 4 rings (SSSR count). The monoisotopic (exact) mass is 485 g/mol. The maximum atomic E-state index is 13.3. The van der Waals surface area contributed by atoms with E-state index < -0.39 is 15.4 Å². The number of anilines is 1. The average molecular weight is 486 g/mol. The molecule has 8 nitrogen and oxygen atoms in total. The van der Waals surface area contributed by atoms with Gasteiger partial charge >= 0.3 is 0 Å². The summed E-state index contributed by atoms with van der Waals surface area (Å²) in [5.74, 6) is 0.253. The number of aromatic nitrogens is 2. The molecule has 2 N–H and O–H groups in total. The molecule has 1 saturated carbocycles. The smallest absolute Gasteiger partial charge is 0.257 e. The van der Waals surface area contributed by atoms with Gasteiger partial charge in [-0.05, 0) is 48.9 Å². The first-order valence-corrected chi connectivity index (χ1v) is 13.5. The van der Waals surface area contributed by atoms with Crippen molar-refractivity contribution < 1.29 is 23.1 Å². The summed E-state index contributed by atoms with van der Waals surface area (Å²) in [5, 5.41) is 13.6. The fourth-order valence-corrected chi connectivity index (χ4v) is 5.64. The number of nitrogens with one attached hydrogen (secondary N) is 1. The summed E-state index contributed by atoms with van der Waals surface area (Å²) in [6, 6.07) is 4.98. The molecule has 1 aliphatic carbocycles. The molecule has 0 spiro atoms. The standard InChI is InChI=1S/C25H31N3O5S/c1-17-13-19(7-8-21(17)34(2,31)32)20(14-18-5-3-4-6-18)24(29)28-23-16-26-22(15-27-23)25(30)9-11-33-12-10-25/h7-8,13-16,18,30H,3-6,9-12H2,1-2H3,(H,27,28,29)/b20-14+. The van der Waals surface area contributed by atoms with Gasteiger partial charge in [0.25, 0.3) is 5.91 Å². The van der Waals surface area contributed by atoms with Crippen molar-refractivity contribution in [3.8, 4) is 0 Å². The van der Waals surface area contributed by atoms with E-state index in [0.29, 0.717) is 54.4 Å². The number of carbonyl (C=O) groups is 1. The molecule has 1 aromatic carbocycles. The molecule has 34 heavy (non-hydrogen) atoms. The van der Waals surface area contributed by atoms with Crippen molar-refractivity contribution in [2.75, 3.05) is 24.8 Å². The summed E-state index contributed by atoms with van der Waals surface area (Å²) in [6.45, 7) is 2.66. The molecular formula is C25H31N3O5S. The van der Waals surface area contributed by atoms with Gasteiger partial charge in [0.15, 0.2) is 15.7 Å². The lowest BCUT2D eigenvalue weighted by Gasteiger charge is -2.31. The molecule has 2 fully saturated rings. The van der Waals surface area contributed by atoms with E-state index in [1.54, 1.807) is 25.1 Å². The first-order valence-electron chi connectivity index (χ1n) is 11.6.